The highest BCUT2D eigenvalue weighted by Gasteiger charge is 2.52. The summed E-state index contributed by atoms with van der Waals surface area (Å²) in [6, 6.07) is 5.16. The third-order valence-electron chi connectivity index (χ3n) is 6.55. The number of allylic oxidation sites excluding steroid dienone is 2. The molecule has 1 unspecified atom stereocenters. The second-order valence-electron chi connectivity index (χ2n) is 10.8. The molecule has 212 valence electrons. The molecule has 10 heteroatoms. The van der Waals surface area contributed by atoms with Crippen LogP contribution in [0.3, 0.4) is 0 Å². The number of hydrogen-bond donors (Lipinski definition) is 0. The number of esters is 3. The first-order valence-corrected chi connectivity index (χ1v) is 16.9. The molecule has 0 radical (unpaired) electrons. The molecule has 0 aliphatic rings. The van der Waals surface area contributed by atoms with E-state index in [2.05, 4.69) is 35.6 Å². The Bertz CT molecular complexity index is 1060. The van der Waals surface area contributed by atoms with E-state index in [9.17, 15) is 19.2 Å². The smallest absolute Gasteiger partial charge is 0.337 e. The largest absolute Gasteiger partial charge is 0.468 e. The van der Waals surface area contributed by atoms with Crippen LogP contribution in [-0.2, 0) is 33.3 Å². The van der Waals surface area contributed by atoms with E-state index in [1.54, 1.807) is 6.07 Å². The molecule has 38 heavy (non-hydrogen) atoms. The minimum atomic E-state index is -1.79. The van der Waals surface area contributed by atoms with Gasteiger partial charge in [-0.2, -0.15) is 0 Å². The van der Waals surface area contributed by atoms with Crippen molar-refractivity contribution in [2.75, 3.05) is 34.5 Å². The van der Waals surface area contributed by atoms with Gasteiger partial charge in [-0.3, -0.25) is 14.4 Å². The monoisotopic (exact) mass is 612 g/mol. The third-order valence-corrected chi connectivity index (χ3v) is 8.97. The number of ketones is 1. The number of ether oxygens (including phenoxy) is 4. The second-order valence-corrected chi connectivity index (χ2v) is 17.3. The standard InChI is InChI=1S/C28H41BrO8Si/c1-18(2)19(3)12-13-28(17-34-4,27(33)37-14-15-38(7,8)9)24(30)23(26(32)36-6)21-16-20(25(31)35-5)10-11-22(21)29/h10-11,16,23H,12-15,17H2,1-9H3/t23?,28-/m1/s1. The first kappa shape index (κ1) is 33.7. The van der Waals surface area contributed by atoms with Gasteiger partial charge >= 0.3 is 17.9 Å². The van der Waals surface area contributed by atoms with E-state index < -0.39 is 43.1 Å². The number of rotatable bonds is 14. The summed E-state index contributed by atoms with van der Waals surface area (Å²) in [6.07, 6.45) is 0.488. The van der Waals surface area contributed by atoms with E-state index in [4.69, 9.17) is 18.9 Å². The van der Waals surface area contributed by atoms with Crippen molar-refractivity contribution in [2.45, 2.75) is 65.2 Å². The van der Waals surface area contributed by atoms with Crippen molar-refractivity contribution in [1.82, 2.24) is 0 Å². The molecule has 0 aromatic heterocycles. The van der Waals surface area contributed by atoms with Crippen LogP contribution < -0.4 is 0 Å². The molecule has 0 saturated heterocycles. The van der Waals surface area contributed by atoms with Crippen LogP contribution in [0.25, 0.3) is 0 Å². The summed E-state index contributed by atoms with van der Waals surface area (Å²) in [5.74, 6) is -4.48. The number of carbonyl (C=O) groups excluding carboxylic acids is 4. The van der Waals surface area contributed by atoms with Gasteiger partial charge in [0.1, 0.15) is 5.92 Å². The quantitative estimate of drug-likeness (QED) is 0.0864. The zero-order chi connectivity index (χ0) is 29.3. The highest BCUT2D eigenvalue weighted by Crippen LogP contribution is 2.39. The van der Waals surface area contributed by atoms with E-state index >= 15 is 0 Å². The van der Waals surface area contributed by atoms with Crippen LogP contribution in [0.2, 0.25) is 25.7 Å². The van der Waals surface area contributed by atoms with E-state index in [0.717, 1.165) is 24.3 Å². The van der Waals surface area contributed by atoms with Crippen molar-refractivity contribution in [1.29, 1.82) is 0 Å². The van der Waals surface area contributed by atoms with E-state index in [0.29, 0.717) is 10.9 Å². The maximum Gasteiger partial charge on any atom is 0.337 e. The molecule has 0 aliphatic carbocycles. The number of benzene rings is 1. The predicted octanol–water partition coefficient (Wildman–Crippen LogP) is 5.71. The van der Waals surface area contributed by atoms with Crippen LogP contribution in [-0.4, -0.2) is 66.3 Å². The minimum Gasteiger partial charge on any atom is -0.468 e. The molecular weight excluding hydrogens is 572 g/mol. The molecule has 0 N–H and O–H groups in total. The van der Waals surface area contributed by atoms with E-state index in [-0.39, 0.29) is 30.8 Å². The Morgan fingerprint density at radius 1 is 1.00 bits per heavy atom. The number of methoxy groups -OCH3 is 3. The molecule has 0 amide bonds. The summed E-state index contributed by atoms with van der Waals surface area (Å²) in [5, 5.41) is 0. The molecule has 0 spiro atoms. The summed E-state index contributed by atoms with van der Waals surface area (Å²) < 4.78 is 21.4. The van der Waals surface area contributed by atoms with Crippen LogP contribution >= 0.6 is 15.9 Å². The lowest BCUT2D eigenvalue weighted by atomic mass is 9.72. The number of Topliss-reactive ketones (excluding diaryl/α,β-unsaturated/α-hetero) is 1. The molecule has 0 heterocycles. The topological polar surface area (TPSA) is 105 Å². The molecule has 2 atom stereocenters. The van der Waals surface area contributed by atoms with Gasteiger partial charge in [0.05, 0.1) is 33.0 Å². The highest BCUT2D eigenvalue weighted by atomic mass is 79.9. The lowest BCUT2D eigenvalue weighted by Gasteiger charge is -2.33. The highest BCUT2D eigenvalue weighted by molar-refractivity contribution is 9.10. The van der Waals surface area contributed by atoms with Crippen LogP contribution in [0.1, 0.15) is 55.5 Å². The molecule has 0 aliphatic heterocycles. The Balaban J connectivity index is 3.76. The maximum atomic E-state index is 14.4. The number of carbonyl (C=O) groups is 4. The number of hydrogen-bond acceptors (Lipinski definition) is 8. The van der Waals surface area contributed by atoms with Crippen molar-refractivity contribution >= 4 is 47.7 Å². The van der Waals surface area contributed by atoms with Crippen molar-refractivity contribution < 1.29 is 38.1 Å². The molecule has 0 fully saturated rings. The maximum absolute atomic E-state index is 14.4. The Hall–Kier alpha value is -2.30. The van der Waals surface area contributed by atoms with Gasteiger partial charge in [-0.05, 0) is 63.4 Å². The van der Waals surface area contributed by atoms with Gasteiger partial charge < -0.3 is 18.9 Å². The van der Waals surface area contributed by atoms with Crippen molar-refractivity contribution in [3.8, 4) is 0 Å². The van der Waals surface area contributed by atoms with Gasteiger partial charge in [-0.15, -0.1) is 0 Å². The molecule has 1 aromatic rings. The van der Waals surface area contributed by atoms with Crippen LogP contribution in [0.15, 0.2) is 33.8 Å². The Morgan fingerprint density at radius 2 is 1.63 bits per heavy atom. The average molecular weight is 614 g/mol. The fourth-order valence-corrected chi connectivity index (χ4v) is 4.98. The normalized spacial score (nSPS) is 13.6. The van der Waals surface area contributed by atoms with Crippen LogP contribution in [0.5, 0.6) is 0 Å². The van der Waals surface area contributed by atoms with Gasteiger partial charge in [0.25, 0.3) is 0 Å². The first-order chi connectivity index (χ1) is 17.6. The SMILES string of the molecule is COC[C@@](CCC(C)=C(C)C)(C(=O)OCC[Si](C)(C)C)C(=O)C(C(=O)OC)c1cc(C(=O)OC)ccc1Br. The van der Waals surface area contributed by atoms with Crippen molar-refractivity contribution in [2.24, 2.45) is 5.41 Å². The molecular formula is C28H41BrO8Si. The van der Waals surface area contributed by atoms with Crippen molar-refractivity contribution in [3.05, 3.63) is 44.9 Å². The van der Waals surface area contributed by atoms with Gasteiger partial charge in [0.15, 0.2) is 11.2 Å². The zero-order valence-corrected chi connectivity index (χ0v) is 26.6. The van der Waals surface area contributed by atoms with Gasteiger partial charge in [0.2, 0.25) is 0 Å². The minimum absolute atomic E-state index is 0.0737. The summed E-state index contributed by atoms with van der Waals surface area (Å²) in [5.41, 5.74) is 0.609. The Labute approximate surface area is 235 Å². The van der Waals surface area contributed by atoms with Crippen LogP contribution in [0, 0.1) is 5.41 Å². The molecule has 0 bridgehead atoms. The zero-order valence-electron chi connectivity index (χ0n) is 24.0. The average Bonchev–Trinajstić information content (AvgIpc) is 2.85. The van der Waals surface area contributed by atoms with Gasteiger partial charge in [-0.25, -0.2) is 4.79 Å². The summed E-state index contributed by atoms with van der Waals surface area (Å²) >= 11 is 3.39. The summed E-state index contributed by atoms with van der Waals surface area (Å²) in [6.45, 7) is 12.2. The predicted molar refractivity (Wildman–Crippen MR) is 152 cm³/mol. The molecule has 1 aromatic carbocycles. The molecule has 1 rings (SSSR count). The fourth-order valence-electron chi connectivity index (χ4n) is 3.79. The van der Waals surface area contributed by atoms with E-state index in [1.807, 2.05) is 20.8 Å². The molecule has 8 nitrogen and oxygen atoms in total. The van der Waals surface area contributed by atoms with E-state index in [1.165, 1.54) is 26.4 Å². The summed E-state index contributed by atoms with van der Waals surface area (Å²) in [7, 11) is 2.26. The summed E-state index contributed by atoms with van der Waals surface area (Å²) in [4.78, 5) is 53.5. The third kappa shape index (κ3) is 8.88. The van der Waals surface area contributed by atoms with Gasteiger partial charge in [-0.1, -0.05) is 46.7 Å². The Morgan fingerprint density at radius 3 is 2.13 bits per heavy atom. The lowest BCUT2D eigenvalue weighted by molar-refractivity contribution is -0.166. The second kappa shape index (κ2) is 14.7. The lowest BCUT2D eigenvalue weighted by Crippen LogP contribution is -2.49. The fraction of sp³-hybridized carbons (Fsp3) is 0.571. The van der Waals surface area contributed by atoms with Crippen molar-refractivity contribution in [3.63, 3.8) is 0 Å². The van der Waals surface area contributed by atoms with Crippen LogP contribution in [0.4, 0.5) is 0 Å². The van der Waals surface area contributed by atoms with Gasteiger partial charge in [0, 0.05) is 19.7 Å². The Kier molecular flexibility index (Phi) is 13.1. The number of halogens is 1. The molecule has 0 saturated carbocycles. The first-order valence-electron chi connectivity index (χ1n) is 12.4.